The Labute approximate surface area is 223 Å². The maximum atomic E-state index is 2.50. The van der Waals surface area contributed by atoms with Crippen LogP contribution in [0.5, 0.6) is 0 Å². The molecule has 0 N–H and O–H groups in total. The van der Waals surface area contributed by atoms with Crippen molar-refractivity contribution < 1.29 is 4.57 Å². The summed E-state index contributed by atoms with van der Waals surface area (Å²) in [5.41, 5.74) is 9.54. The highest BCUT2D eigenvalue weighted by atomic mass is 14.9. The summed E-state index contributed by atoms with van der Waals surface area (Å²) in [6.45, 7) is 6.82. The molecule has 1 nitrogen and oxygen atoms in total. The van der Waals surface area contributed by atoms with Crippen molar-refractivity contribution in [1.29, 1.82) is 0 Å². The van der Waals surface area contributed by atoms with Gasteiger partial charge in [-0.3, -0.25) is 0 Å². The maximum Gasteiger partial charge on any atom is 0.213 e. The van der Waals surface area contributed by atoms with Gasteiger partial charge in [0.1, 0.15) is 7.05 Å². The molecule has 37 heavy (non-hydrogen) atoms. The first-order valence-corrected chi connectivity index (χ1v) is 14.6. The first kappa shape index (κ1) is 24.4. The molecule has 2 fully saturated rings. The van der Waals surface area contributed by atoms with E-state index in [-0.39, 0.29) is 0 Å². The highest BCUT2D eigenvalue weighted by molar-refractivity contribution is 5.89. The van der Waals surface area contributed by atoms with Crippen molar-refractivity contribution in [1.82, 2.24) is 0 Å². The monoisotopic (exact) mass is 488 g/mol. The van der Waals surface area contributed by atoms with Gasteiger partial charge in [0, 0.05) is 17.2 Å². The van der Waals surface area contributed by atoms with Crippen LogP contribution in [0.1, 0.15) is 87.3 Å². The van der Waals surface area contributed by atoms with Gasteiger partial charge in [-0.05, 0) is 95.0 Å². The molecule has 1 aromatic heterocycles. The van der Waals surface area contributed by atoms with E-state index >= 15 is 0 Å². The lowest BCUT2D eigenvalue weighted by Crippen LogP contribution is -2.32. The minimum atomic E-state index is 0.458. The summed E-state index contributed by atoms with van der Waals surface area (Å²) in [5, 5.41) is 2.74. The minimum Gasteiger partial charge on any atom is -0.201 e. The zero-order chi connectivity index (χ0) is 25.5. The molecule has 6 rings (SSSR count). The van der Waals surface area contributed by atoms with E-state index in [1.165, 1.54) is 89.2 Å². The van der Waals surface area contributed by atoms with Crippen molar-refractivity contribution in [2.24, 2.45) is 18.9 Å². The van der Waals surface area contributed by atoms with E-state index in [1.54, 1.807) is 5.56 Å². The molecule has 1 heterocycles. The van der Waals surface area contributed by atoms with Gasteiger partial charge < -0.3 is 0 Å². The second kappa shape index (κ2) is 10.1. The largest absolute Gasteiger partial charge is 0.213 e. The predicted octanol–water partition coefficient (Wildman–Crippen LogP) is 9.50. The quantitative estimate of drug-likeness (QED) is 0.252. The number of rotatable bonds is 4. The molecule has 3 atom stereocenters. The lowest BCUT2D eigenvalue weighted by molar-refractivity contribution is -0.660. The molecule has 2 saturated carbocycles. The van der Waals surface area contributed by atoms with Gasteiger partial charge in [-0.1, -0.05) is 88.1 Å². The molecule has 0 amide bonds. The predicted molar refractivity (Wildman–Crippen MR) is 157 cm³/mol. The van der Waals surface area contributed by atoms with Crippen LogP contribution in [0, 0.1) is 18.8 Å². The Balaban J connectivity index is 1.36. The van der Waals surface area contributed by atoms with Crippen molar-refractivity contribution in [3.63, 3.8) is 0 Å². The molecule has 0 aliphatic heterocycles. The summed E-state index contributed by atoms with van der Waals surface area (Å²) in [4.78, 5) is 0. The van der Waals surface area contributed by atoms with Crippen LogP contribution in [0.2, 0.25) is 0 Å². The topological polar surface area (TPSA) is 3.88 Å². The van der Waals surface area contributed by atoms with Gasteiger partial charge in [0.15, 0.2) is 6.20 Å². The fraction of sp³-hybridized carbons (Fsp3) is 0.417. The maximum absolute atomic E-state index is 2.50. The van der Waals surface area contributed by atoms with Crippen molar-refractivity contribution in [2.45, 2.75) is 77.6 Å². The summed E-state index contributed by atoms with van der Waals surface area (Å²) in [7, 11) is 2.18. The molecular formula is C36H42N+. The van der Waals surface area contributed by atoms with E-state index < -0.39 is 0 Å². The Kier molecular flexibility index (Phi) is 6.65. The Bertz CT molecular complexity index is 1430. The molecule has 3 aromatic carbocycles. The molecule has 4 aromatic rings. The number of aryl methyl sites for hydroxylation is 2. The number of fused-ring (bicyclic) bond motifs is 2. The SMILES string of the molecule is Cc1ccccc1-c1cc(-c2ccc3cc(C4CCC5CCCCC5C4)ccc3c2)c(C(C)C)c[n+]1C. The number of hydrogen-bond donors (Lipinski definition) is 0. The van der Waals surface area contributed by atoms with Crippen LogP contribution in [-0.4, -0.2) is 0 Å². The molecule has 2 aliphatic rings. The van der Waals surface area contributed by atoms with Gasteiger partial charge in [-0.15, -0.1) is 0 Å². The van der Waals surface area contributed by atoms with Gasteiger partial charge >= 0.3 is 0 Å². The summed E-state index contributed by atoms with van der Waals surface area (Å²) in [6, 6.07) is 25.6. The molecule has 1 heteroatoms. The number of benzene rings is 3. The summed E-state index contributed by atoms with van der Waals surface area (Å²) in [6.07, 6.45) is 12.5. The van der Waals surface area contributed by atoms with Gasteiger partial charge in [0.05, 0.1) is 0 Å². The van der Waals surface area contributed by atoms with Crippen LogP contribution in [0.15, 0.2) is 72.9 Å². The Morgan fingerprint density at radius 3 is 2.32 bits per heavy atom. The lowest BCUT2D eigenvalue weighted by atomic mass is 9.66. The molecular weight excluding hydrogens is 446 g/mol. The molecule has 0 spiro atoms. The van der Waals surface area contributed by atoms with Crippen molar-refractivity contribution in [2.75, 3.05) is 0 Å². The van der Waals surface area contributed by atoms with E-state index in [0.717, 1.165) is 17.8 Å². The van der Waals surface area contributed by atoms with Crippen LogP contribution < -0.4 is 4.57 Å². The van der Waals surface area contributed by atoms with Crippen molar-refractivity contribution in [3.8, 4) is 22.4 Å². The van der Waals surface area contributed by atoms with Crippen molar-refractivity contribution in [3.05, 3.63) is 89.6 Å². The number of hydrogen-bond acceptors (Lipinski definition) is 0. The normalized spacial score (nSPS) is 21.8. The van der Waals surface area contributed by atoms with Gasteiger partial charge in [-0.2, -0.15) is 0 Å². The fourth-order valence-corrected chi connectivity index (χ4v) is 7.37. The van der Waals surface area contributed by atoms with Crippen LogP contribution in [0.3, 0.4) is 0 Å². The third-order valence-corrected chi connectivity index (χ3v) is 9.53. The highest BCUT2D eigenvalue weighted by Crippen LogP contribution is 2.46. The Morgan fingerprint density at radius 1 is 0.757 bits per heavy atom. The average Bonchev–Trinajstić information content (AvgIpc) is 2.92. The van der Waals surface area contributed by atoms with Crippen molar-refractivity contribution >= 4 is 10.8 Å². The van der Waals surface area contributed by atoms with Crippen LogP contribution in [0.4, 0.5) is 0 Å². The second-order valence-corrected chi connectivity index (χ2v) is 12.2. The summed E-state index contributed by atoms with van der Waals surface area (Å²) < 4.78 is 2.30. The van der Waals surface area contributed by atoms with Crippen LogP contribution in [-0.2, 0) is 7.05 Å². The van der Waals surface area contributed by atoms with Crippen LogP contribution >= 0.6 is 0 Å². The average molecular weight is 489 g/mol. The zero-order valence-electron chi connectivity index (χ0n) is 23.1. The van der Waals surface area contributed by atoms with Gasteiger partial charge in [-0.25, -0.2) is 4.57 Å². The number of aromatic nitrogens is 1. The molecule has 0 radical (unpaired) electrons. The van der Waals surface area contributed by atoms with Gasteiger partial charge in [0.2, 0.25) is 5.69 Å². The van der Waals surface area contributed by atoms with E-state index in [9.17, 15) is 0 Å². The zero-order valence-corrected chi connectivity index (χ0v) is 23.1. The Hall–Kier alpha value is -2.93. The standard InChI is InChI=1S/C36H42N/c1-24(2)35-23-37(4)36(33-12-8-5-9-25(33)3)22-34(35)32-18-17-30-20-29(15-16-31(30)21-32)28-14-13-26-10-6-7-11-27(26)19-28/h5,8-9,12,15-18,20-24,26-28H,6-7,10-11,13-14,19H2,1-4H3/q+1. The first-order chi connectivity index (χ1) is 18.0. The summed E-state index contributed by atoms with van der Waals surface area (Å²) >= 11 is 0. The second-order valence-electron chi connectivity index (χ2n) is 12.2. The van der Waals surface area contributed by atoms with E-state index in [2.05, 4.69) is 105 Å². The van der Waals surface area contributed by atoms with E-state index in [4.69, 9.17) is 0 Å². The van der Waals surface area contributed by atoms with E-state index in [1.807, 2.05) is 0 Å². The molecule has 2 aliphatic carbocycles. The lowest BCUT2D eigenvalue weighted by Gasteiger charge is -2.39. The summed E-state index contributed by atoms with van der Waals surface area (Å²) in [5.74, 6) is 3.20. The number of nitrogens with zero attached hydrogens (tertiary/aromatic N) is 1. The Morgan fingerprint density at radius 2 is 1.51 bits per heavy atom. The highest BCUT2D eigenvalue weighted by Gasteiger charge is 2.32. The van der Waals surface area contributed by atoms with Gasteiger partial charge in [0.25, 0.3) is 0 Å². The third kappa shape index (κ3) is 4.74. The third-order valence-electron chi connectivity index (χ3n) is 9.53. The fourth-order valence-electron chi connectivity index (χ4n) is 7.37. The minimum absolute atomic E-state index is 0.458. The molecule has 190 valence electrons. The molecule has 0 saturated heterocycles. The van der Waals surface area contributed by atoms with Crippen LogP contribution in [0.25, 0.3) is 33.2 Å². The molecule has 3 unspecified atom stereocenters. The van der Waals surface area contributed by atoms with E-state index in [0.29, 0.717) is 5.92 Å². The smallest absolute Gasteiger partial charge is 0.201 e. The molecule has 0 bridgehead atoms. The number of pyridine rings is 1. The first-order valence-electron chi connectivity index (χ1n) is 14.6.